The summed E-state index contributed by atoms with van der Waals surface area (Å²) in [5, 5.41) is 22.6. The Bertz CT molecular complexity index is 223. The van der Waals surface area contributed by atoms with Gasteiger partial charge in [-0.3, -0.25) is 0 Å². The first kappa shape index (κ1) is 9.19. The van der Waals surface area contributed by atoms with E-state index in [0.717, 1.165) is 12.8 Å². The fourth-order valence-electron chi connectivity index (χ4n) is 2.26. The fraction of sp³-hybridized carbons (Fsp3) is 0.800. The van der Waals surface area contributed by atoms with Gasteiger partial charge >= 0.3 is 0 Å². The minimum Gasteiger partial charge on any atom is -0.390 e. The molecule has 13 heavy (non-hydrogen) atoms. The third-order valence-electron chi connectivity index (χ3n) is 3.25. The van der Waals surface area contributed by atoms with E-state index in [0.29, 0.717) is 6.54 Å². The summed E-state index contributed by atoms with van der Waals surface area (Å²) in [7, 11) is 0. The second-order valence-electron chi connectivity index (χ2n) is 4.15. The van der Waals surface area contributed by atoms with Crippen LogP contribution in [0.1, 0.15) is 19.8 Å². The molecule has 1 aliphatic heterocycles. The molecular weight excluding hydrogens is 166 g/mol. The maximum absolute atomic E-state index is 9.80. The highest BCUT2D eigenvalue weighted by Crippen LogP contribution is 2.46. The Morgan fingerprint density at radius 3 is 2.62 bits per heavy atom. The zero-order valence-electron chi connectivity index (χ0n) is 7.90. The van der Waals surface area contributed by atoms with Crippen molar-refractivity contribution in [2.75, 3.05) is 6.54 Å². The van der Waals surface area contributed by atoms with Crippen molar-refractivity contribution < 1.29 is 10.2 Å². The van der Waals surface area contributed by atoms with Crippen LogP contribution in [0, 0.1) is 5.92 Å². The summed E-state index contributed by atoms with van der Waals surface area (Å²) in [6, 6.07) is 0. The van der Waals surface area contributed by atoms with Crippen molar-refractivity contribution in [2.45, 2.75) is 37.5 Å². The van der Waals surface area contributed by atoms with E-state index >= 15 is 0 Å². The van der Waals surface area contributed by atoms with Gasteiger partial charge in [0.2, 0.25) is 0 Å². The zero-order valence-corrected chi connectivity index (χ0v) is 7.90. The number of nitrogens with one attached hydrogen (secondary N) is 1. The number of hydrogen-bond acceptors (Lipinski definition) is 3. The molecule has 0 bridgehead atoms. The molecule has 0 aromatic rings. The number of hydrogen-bond donors (Lipinski definition) is 3. The van der Waals surface area contributed by atoms with Crippen LogP contribution in [0.15, 0.2) is 12.2 Å². The van der Waals surface area contributed by atoms with Gasteiger partial charge in [-0.05, 0) is 19.8 Å². The number of aliphatic hydroxyl groups is 2. The average molecular weight is 183 g/mol. The molecule has 1 saturated heterocycles. The number of allylic oxidation sites excluding steroid dienone is 1. The summed E-state index contributed by atoms with van der Waals surface area (Å²) in [5.41, 5.74) is 0.102. The second kappa shape index (κ2) is 3.08. The largest absolute Gasteiger partial charge is 0.390 e. The van der Waals surface area contributed by atoms with Gasteiger partial charge in [-0.2, -0.15) is 0 Å². The van der Waals surface area contributed by atoms with Crippen LogP contribution in [-0.4, -0.2) is 34.5 Å². The van der Waals surface area contributed by atoms with E-state index < -0.39 is 12.2 Å². The van der Waals surface area contributed by atoms with Crippen LogP contribution in [-0.2, 0) is 0 Å². The minimum absolute atomic E-state index is 0.0845. The molecule has 0 radical (unpaired) electrons. The summed E-state index contributed by atoms with van der Waals surface area (Å²) in [5.74, 6) is 0.0845. The normalized spacial score (nSPS) is 42.8. The van der Waals surface area contributed by atoms with Crippen molar-refractivity contribution in [1.82, 2.24) is 5.32 Å². The van der Waals surface area contributed by atoms with Crippen LogP contribution in [0.3, 0.4) is 0 Å². The summed E-state index contributed by atoms with van der Waals surface area (Å²) in [6.07, 6.45) is 4.98. The fourth-order valence-corrected chi connectivity index (χ4v) is 2.26. The molecule has 0 aromatic heterocycles. The minimum atomic E-state index is -0.618. The van der Waals surface area contributed by atoms with Gasteiger partial charge < -0.3 is 15.5 Å². The first-order valence-corrected chi connectivity index (χ1v) is 4.93. The number of piperidine rings is 1. The second-order valence-corrected chi connectivity index (χ2v) is 4.15. The van der Waals surface area contributed by atoms with Gasteiger partial charge in [0.15, 0.2) is 0 Å². The highest BCUT2D eigenvalue weighted by Gasteiger charge is 2.54. The first-order valence-electron chi connectivity index (χ1n) is 4.93. The maximum atomic E-state index is 9.80. The van der Waals surface area contributed by atoms with E-state index in [1.165, 1.54) is 0 Å². The van der Waals surface area contributed by atoms with Crippen molar-refractivity contribution in [1.29, 1.82) is 0 Å². The van der Waals surface area contributed by atoms with Crippen molar-refractivity contribution in [3.05, 3.63) is 12.2 Å². The van der Waals surface area contributed by atoms with E-state index in [4.69, 9.17) is 0 Å². The molecule has 74 valence electrons. The molecule has 3 heteroatoms. The van der Waals surface area contributed by atoms with Gasteiger partial charge in [-0.15, -0.1) is 0 Å². The molecular formula is C10H17NO2. The first-order chi connectivity index (χ1) is 6.19. The monoisotopic (exact) mass is 183 g/mol. The quantitative estimate of drug-likeness (QED) is 0.503. The summed E-state index contributed by atoms with van der Waals surface area (Å²) >= 11 is 0. The molecule has 3 atom stereocenters. The molecule has 2 aliphatic rings. The van der Waals surface area contributed by atoms with E-state index in [-0.39, 0.29) is 11.5 Å². The van der Waals surface area contributed by atoms with Crippen molar-refractivity contribution in [3.8, 4) is 0 Å². The Morgan fingerprint density at radius 1 is 1.38 bits per heavy atom. The lowest BCUT2D eigenvalue weighted by molar-refractivity contribution is -0.0421. The predicted octanol–water partition coefficient (Wildman–Crippen LogP) is 0.0363. The Morgan fingerprint density at radius 2 is 2.08 bits per heavy atom. The topological polar surface area (TPSA) is 52.5 Å². The van der Waals surface area contributed by atoms with E-state index in [9.17, 15) is 10.2 Å². The van der Waals surface area contributed by atoms with E-state index in [1.54, 1.807) is 0 Å². The van der Waals surface area contributed by atoms with E-state index in [1.807, 2.05) is 19.1 Å². The number of β-amino-alcohol motifs (C(OH)–C–C–N with tert-alkyl or cyclic N) is 1. The molecule has 3 N–H and O–H groups in total. The predicted molar refractivity (Wildman–Crippen MR) is 50.3 cm³/mol. The highest BCUT2D eigenvalue weighted by atomic mass is 16.3. The Balaban J connectivity index is 2.15. The van der Waals surface area contributed by atoms with Crippen molar-refractivity contribution in [3.63, 3.8) is 0 Å². The van der Waals surface area contributed by atoms with Crippen LogP contribution >= 0.6 is 0 Å². The molecule has 0 aromatic carbocycles. The molecule has 1 saturated carbocycles. The molecule has 1 aliphatic carbocycles. The van der Waals surface area contributed by atoms with Crippen LogP contribution in [0.2, 0.25) is 0 Å². The Hall–Kier alpha value is -0.380. The molecule has 2 rings (SSSR count). The SMILES string of the molecule is CC=CC1C(O)C(O)CNC12CC2. The van der Waals surface area contributed by atoms with Crippen LogP contribution in [0.4, 0.5) is 0 Å². The van der Waals surface area contributed by atoms with Crippen LogP contribution in [0.5, 0.6) is 0 Å². The summed E-state index contributed by atoms with van der Waals surface area (Å²) in [4.78, 5) is 0. The van der Waals surface area contributed by atoms with Gasteiger partial charge in [0, 0.05) is 18.0 Å². The number of rotatable bonds is 1. The average Bonchev–Trinajstić information content (AvgIpc) is 2.88. The molecule has 1 heterocycles. The lowest BCUT2D eigenvalue weighted by Gasteiger charge is -2.38. The summed E-state index contributed by atoms with van der Waals surface area (Å²) in [6.45, 7) is 2.47. The zero-order chi connectivity index (χ0) is 9.47. The van der Waals surface area contributed by atoms with Gasteiger partial charge in [0.25, 0.3) is 0 Å². The molecule has 3 nitrogen and oxygen atoms in total. The third-order valence-corrected chi connectivity index (χ3v) is 3.25. The van der Waals surface area contributed by atoms with Crippen molar-refractivity contribution in [2.24, 2.45) is 5.92 Å². The van der Waals surface area contributed by atoms with Gasteiger partial charge in [-0.1, -0.05) is 12.2 Å². The van der Waals surface area contributed by atoms with Crippen LogP contribution < -0.4 is 5.32 Å². The molecule has 1 spiro atoms. The highest BCUT2D eigenvalue weighted by molar-refractivity contribution is 5.18. The van der Waals surface area contributed by atoms with Crippen LogP contribution in [0.25, 0.3) is 0 Å². The Kier molecular flexibility index (Phi) is 2.18. The summed E-state index contributed by atoms with van der Waals surface area (Å²) < 4.78 is 0. The maximum Gasteiger partial charge on any atom is 0.0929 e. The molecule has 3 unspecified atom stereocenters. The third kappa shape index (κ3) is 1.41. The molecule has 2 fully saturated rings. The smallest absolute Gasteiger partial charge is 0.0929 e. The van der Waals surface area contributed by atoms with E-state index in [2.05, 4.69) is 5.32 Å². The number of aliphatic hydroxyl groups excluding tert-OH is 2. The van der Waals surface area contributed by atoms with Crippen molar-refractivity contribution >= 4 is 0 Å². The standard InChI is InChI=1S/C10H17NO2/c1-2-3-7-9(13)8(12)6-11-10(7)4-5-10/h2-3,7-9,11-13H,4-6H2,1H3. The van der Waals surface area contributed by atoms with Gasteiger partial charge in [-0.25, -0.2) is 0 Å². The van der Waals surface area contributed by atoms with Gasteiger partial charge in [0.05, 0.1) is 12.2 Å². The molecule has 0 amide bonds. The Labute approximate surface area is 78.5 Å². The lowest BCUT2D eigenvalue weighted by Crippen LogP contribution is -2.57. The van der Waals surface area contributed by atoms with Gasteiger partial charge in [0.1, 0.15) is 0 Å². The lowest BCUT2D eigenvalue weighted by atomic mass is 9.84.